The molecular weight excluding hydrogens is 306 g/mol. The van der Waals surface area contributed by atoms with E-state index >= 15 is 0 Å². The van der Waals surface area contributed by atoms with Gasteiger partial charge in [0.05, 0.1) is 0 Å². The van der Waals surface area contributed by atoms with Gasteiger partial charge in [-0.1, -0.05) is 24.3 Å². The van der Waals surface area contributed by atoms with E-state index in [0.29, 0.717) is 0 Å². The van der Waals surface area contributed by atoms with Crippen molar-refractivity contribution < 1.29 is 4.79 Å². The zero-order valence-electron chi connectivity index (χ0n) is 10.4. The number of rotatable bonds is 2. The molecule has 1 aliphatic rings. The summed E-state index contributed by atoms with van der Waals surface area (Å²) in [7, 11) is 0. The Hall–Kier alpha value is -1.62. The second-order valence-electron chi connectivity index (χ2n) is 4.62. The van der Waals surface area contributed by atoms with Crippen LogP contribution in [-0.2, 0) is 4.79 Å². The van der Waals surface area contributed by atoms with Crippen LogP contribution in [0.15, 0.2) is 34.9 Å². The van der Waals surface area contributed by atoms with Gasteiger partial charge in [-0.2, -0.15) is 0 Å². The van der Waals surface area contributed by atoms with E-state index in [2.05, 4.69) is 37.9 Å². The fourth-order valence-electron chi connectivity index (χ4n) is 2.43. The van der Waals surface area contributed by atoms with Crippen LogP contribution in [0.25, 0.3) is 10.8 Å². The molecule has 0 spiro atoms. The zero-order valence-corrected chi connectivity index (χ0v) is 12.0. The fraction of sp³-hybridized carbons (Fsp3) is 0.286. The second-order valence-corrected chi connectivity index (χ2v) is 5.43. The average Bonchev–Trinajstić information content (AvgIpc) is 2.46. The molecule has 1 fully saturated rings. The number of fused-ring (bicyclic) bond motifs is 1. The van der Waals surface area contributed by atoms with Crippen LogP contribution in [0.5, 0.6) is 0 Å². The molecule has 2 heterocycles. The molecular formula is C14H14BrN3O. The molecule has 3 rings (SSSR count). The molecule has 0 radical (unpaired) electrons. The highest BCUT2D eigenvalue weighted by Gasteiger charge is 2.18. The number of carbonyl (C=O) groups is 1. The van der Waals surface area contributed by atoms with Gasteiger partial charge in [0.15, 0.2) is 0 Å². The molecule has 0 saturated carbocycles. The van der Waals surface area contributed by atoms with Crippen molar-refractivity contribution in [3.05, 3.63) is 34.9 Å². The van der Waals surface area contributed by atoms with E-state index in [1.165, 1.54) is 5.39 Å². The monoisotopic (exact) mass is 319 g/mol. The highest BCUT2D eigenvalue weighted by molar-refractivity contribution is 9.10. The van der Waals surface area contributed by atoms with Crippen LogP contribution in [-0.4, -0.2) is 42.5 Å². The topological polar surface area (TPSA) is 36.4 Å². The number of piperazine rings is 1. The van der Waals surface area contributed by atoms with Crippen molar-refractivity contribution >= 4 is 38.9 Å². The van der Waals surface area contributed by atoms with Crippen LogP contribution in [0.2, 0.25) is 0 Å². The van der Waals surface area contributed by atoms with Gasteiger partial charge in [0.25, 0.3) is 0 Å². The number of anilines is 1. The Morgan fingerprint density at radius 2 is 1.89 bits per heavy atom. The van der Waals surface area contributed by atoms with Gasteiger partial charge in [0, 0.05) is 31.6 Å². The highest BCUT2D eigenvalue weighted by atomic mass is 79.9. The van der Waals surface area contributed by atoms with E-state index < -0.39 is 0 Å². The summed E-state index contributed by atoms with van der Waals surface area (Å²) >= 11 is 3.47. The maximum absolute atomic E-state index is 10.8. The number of pyridine rings is 1. The minimum atomic E-state index is 0.756. The Morgan fingerprint density at radius 1 is 1.16 bits per heavy atom. The molecule has 1 aliphatic heterocycles. The third-order valence-electron chi connectivity index (χ3n) is 3.45. The van der Waals surface area contributed by atoms with E-state index in [0.717, 1.165) is 48.4 Å². The number of carbonyl (C=O) groups excluding carboxylic acids is 1. The van der Waals surface area contributed by atoms with E-state index in [4.69, 9.17) is 0 Å². The predicted molar refractivity (Wildman–Crippen MR) is 79.3 cm³/mol. The molecule has 1 saturated heterocycles. The normalized spacial score (nSPS) is 15.8. The lowest BCUT2D eigenvalue weighted by Gasteiger charge is -2.34. The van der Waals surface area contributed by atoms with Crippen molar-refractivity contribution in [2.24, 2.45) is 0 Å². The van der Waals surface area contributed by atoms with Crippen LogP contribution in [0.4, 0.5) is 5.82 Å². The first-order valence-electron chi connectivity index (χ1n) is 6.27. The van der Waals surface area contributed by atoms with E-state index in [1.807, 2.05) is 18.2 Å². The lowest BCUT2D eigenvalue weighted by Crippen LogP contribution is -2.46. The minimum Gasteiger partial charge on any atom is -0.353 e. The number of hydrogen-bond donors (Lipinski definition) is 0. The molecule has 98 valence electrons. The van der Waals surface area contributed by atoms with E-state index in [-0.39, 0.29) is 0 Å². The molecule has 0 unspecified atom stereocenters. The number of aromatic nitrogens is 1. The number of nitrogens with zero attached hydrogens (tertiary/aromatic N) is 3. The van der Waals surface area contributed by atoms with Crippen molar-refractivity contribution in [2.75, 3.05) is 31.1 Å². The third-order valence-corrected chi connectivity index (χ3v) is 3.86. The van der Waals surface area contributed by atoms with Gasteiger partial charge < -0.3 is 9.80 Å². The Kier molecular flexibility index (Phi) is 3.38. The number of hydrogen-bond acceptors (Lipinski definition) is 3. The maximum Gasteiger partial charge on any atom is 0.209 e. The summed E-state index contributed by atoms with van der Waals surface area (Å²) in [5.41, 5.74) is 0. The summed E-state index contributed by atoms with van der Waals surface area (Å²) in [5.74, 6) is 0.996. The van der Waals surface area contributed by atoms with Gasteiger partial charge in [0.1, 0.15) is 10.4 Å². The molecule has 5 heteroatoms. The van der Waals surface area contributed by atoms with Crippen LogP contribution in [0.3, 0.4) is 0 Å². The Morgan fingerprint density at radius 3 is 2.63 bits per heavy atom. The Bertz CT molecular complexity index is 609. The lowest BCUT2D eigenvalue weighted by atomic mass is 10.1. The SMILES string of the molecule is O=CN1CCN(c2nc(Br)cc3ccccc23)CC1. The van der Waals surface area contributed by atoms with Gasteiger partial charge >= 0.3 is 0 Å². The molecule has 0 N–H and O–H groups in total. The number of halogens is 1. The smallest absolute Gasteiger partial charge is 0.209 e. The number of benzene rings is 1. The standard InChI is InChI=1S/C14H14BrN3O/c15-13-9-11-3-1-2-4-12(11)14(16-13)18-7-5-17(10-19)6-8-18/h1-4,9-10H,5-8H2. The summed E-state index contributed by atoms with van der Waals surface area (Å²) in [6, 6.07) is 10.3. The van der Waals surface area contributed by atoms with E-state index in [1.54, 1.807) is 4.90 Å². The van der Waals surface area contributed by atoms with Gasteiger partial charge in [-0.25, -0.2) is 4.98 Å². The van der Waals surface area contributed by atoms with Gasteiger partial charge in [-0.15, -0.1) is 0 Å². The quantitative estimate of drug-likeness (QED) is 0.629. The largest absolute Gasteiger partial charge is 0.353 e. The van der Waals surface area contributed by atoms with Gasteiger partial charge in [-0.05, 0) is 27.4 Å². The Balaban J connectivity index is 1.98. The minimum absolute atomic E-state index is 0.756. The molecule has 2 aromatic rings. The van der Waals surface area contributed by atoms with Crippen LogP contribution in [0.1, 0.15) is 0 Å². The van der Waals surface area contributed by atoms with Crippen LogP contribution < -0.4 is 4.90 Å². The van der Waals surface area contributed by atoms with Gasteiger partial charge in [0.2, 0.25) is 6.41 Å². The summed E-state index contributed by atoms with van der Waals surface area (Å²) in [4.78, 5) is 19.4. The van der Waals surface area contributed by atoms with Crippen LogP contribution >= 0.6 is 15.9 Å². The number of amides is 1. The molecule has 0 atom stereocenters. The fourth-order valence-corrected chi connectivity index (χ4v) is 2.84. The van der Waals surface area contributed by atoms with Crippen molar-refractivity contribution in [3.63, 3.8) is 0 Å². The average molecular weight is 320 g/mol. The van der Waals surface area contributed by atoms with Crippen molar-refractivity contribution in [1.29, 1.82) is 0 Å². The van der Waals surface area contributed by atoms with Crippen LogP contribution in [0, 0.1) is 0 Å². The summed E-state index contributed by atoms with van der Waals surface area (Å²) in [6.45, 7) is 3.16. The van der Waals surface area contributed by atoms with E-state index in [9.17, 15) is 4.79 Å². The molecule has 19 heavy (non-hydrogen) atoms. The Labute approximate surface area is 120 Å². The van der Waals surface area contributed by atoms with Gasteiger partial charge in [-0.3, -0.25) is 4.79 Å². The second kappa shape index (κ2) is 5.17. The lowest BCUT2D eigenvalue weighted by molar-refractivity contribution is -0.118. The first kappa shape index (κ1) is 12.4. The molecule has 1 aromatic carbocycles. The summed E-state index contributed by atoms with van der Waals surface area (Å²) < 4.78 is 0.846. The maximum atomic E-state index is 10.8. The van der Waals surface area contributed by atoms with Crippen molar-refractivity contribution in [2.45, 2.75) is 0 Å². The van der Waals surface area contributed by atoms with Crippen molar-refractivity contribution in [1.82, 2.24) is 9.88 Å². The first-order valence-corrected chi connectivity index (χ1v) is 7.07. The molecule has 1 amide bonds. The third kappa shape index (κ3) is 2.42. The summed E-state index contributed by atoms with van der Waals surface area (Å²) in [6.07, 6.45) is 0.920. The molecule has 0 bridgehead atoms. The molecule has 1 aromatic heterocycles. The van der Waals surface area contributed by atoms with Crippen molar-refractivity contribution in [3.8, 4) is 0 Å². The predicted octanol–water partition coefficient (Wildman–Crippen LogP) is 2.28. The highest BCUT2D eigenvalue weighted by Crippen LogP contribution is 2.28. The molecule has 0 aliphatic carbocycles. The first-order chi connectivity index (χ1) is 9.28. The molecule has 4 nitrogen and oxygen atoms in total. The zero-order chi connectivity index (χ0) is 13.2. The summed E-state index contributed by atoms with van der Waals surface area (Å²) in [5, 5.41) is 2.34.